The molecule has 152 valence electrons. The van der Waals surface area contributed by atoms with Crippen molar-refractivity contribution in [3.05, 3.63) is 28.7 Å². The number of rotatable bonds is 2. The predicted molar refractivity (Wildman–Crippen MR) is 108 cm³/mol. The first-order valence-corrected chi connectivity index (χ1v) is 10.6. The normalized spacial score (nSPS) is 33.9. The number of aromatic nitrogens is 2. The van der Waals surface area contributed by atoms with E-state index in [0.717, 1.165) is 32.1 Å². The highest BCUT2D eigenvalue weighted by Crippen LogP contribution is 2.61. The highest BCUT2D eigenvalue weighted by Gasteiger charge is 2.60. The second kappa shape index (κ2) is 5.95. The van der Waals surface area contributed by atoms with Crippen LogP contribution >= 0.6 is 11.6 Å². The van der Waals surface area contributed by atoms with Gasteiger partial charge in [-0.15, -0.1) is 0 Å². The van der Waals surface area contributed by atoms with Crippen LogP contribution in [0.3, 0.4) is 0 Å². The first kappa shape index (κ1) is 18.9. The van der Waals surface area contributed by atoms with Crippen LogP contribution in [-0.4, -0.2) is 32.7 Å². The van der Waals surface area contributed by atoms with Gasteiger partial charge in [-0.2, -0.15) is 10.4 Å². The number of amides is 1. The van der Waals surface area contributed by atoms with Crippen molar-refractivity contribution in [1.29, 1.82) is 5.26 Å². The van der Waals surface area contributed by atoms with Crippen molar-refractivity contribution < 1.29 is 9.18 Å². The summed E-state index contributed by atoms with van der Waals surface area (Å²) in [4.78, 5) is 15.7. The van der Waals surface area contributed by atoms with Gasteiger partial charge < -0.3 is 4.90 Å². The summed E-state index contributed by atoms with van der Waals surface area (Å²) in [5.41, 5.74) is 1.09. The van der Waals surface area contributed by atoms with Gasteiger partial charge in [-0.3, -0.25) is 9.48 Å². The molecule has 2 aliphatic heterocycles. The summed E-state index contributed by atoms with van der Waals surface area (Å²) in [6.45, 7) is 4.09. The molecule has 5 nitrogen and oxygen atoms in total. The van der Waals surface area contributed by atoms with Gasteiger partial charge >= 0.3 is 0 Å². The summed E-state index contributed by atoms with van der Waals surface area (Å²) < 4.78 is 15.8. The summed E-state index contributed by atoms with van der Waals surface area (Å²) in [5.74, 6) is -1.02. The Bertz CT molecular complexity index is 1070. The Balaban J connectivity index is 1.52. The number of nitrogens with zero attached hydrogens (tertiary/aromatic N) is 4. The van der Waals surface area contributed by atoms with Crippen molar-refractivity contribution >= 4 is 28.4 Å². The minimum absolute atomic E-state index is 0.0100. The molecule has 3 heterocycles. The average Bonchev–Trinajstić information content (AvgIpc) is 2.99. The van der Waals surface area contributed by atoms with Crippen molar-refractivity contribution in [3.63, 3.8) is 0 Å². The molecule has 2 aliphatic carbocycles. The first-order valence-electron chi connectivity index (χ1n) is 10.2. The van der Waals surface area contributed by atoms with Gasteiger partial charge in [0, 0.05) is 24.5 Å². The smallest absolute Gasteiger partial charge is 0.232 e. The summed E-state index contributed by atoms with van der Waals surface area (Å²) in [7, 11) is 1.78. The van der Waals surface area contributed by atoms with Gasteiger partial charge in [0.15, 0.2) is 0 Å². The maximum atomic E-state index is 14.1. The Hall–Kier alpha value is -2.13. The van der Waals surface area contributed by atoms with Crippen molar-refractivity contribution in [2.45, 2.75) is 64.0 Å². The van der Waals surface area contributed by atoms with E-state index in [1.54, 1.807) is 17.8 Å². The SMILES string of the molecule is CC(C(=O)N1C2CC3(C)CC1CC(C#N)(C2)C3)c1nn(C)c2ccc(F)c(Cl)c12. The van der Waals surface area contributed by atoms with Gasteiger partial charge in [0.25, 0.3) is 0 Å². The Morgan fingerprint density at radius 3 is 2.62 bits per heavy atom. The molecule has 4 aliphatic rings. The summed E-state index contributed by atoms with van der Waals surface area (Å²) >= 11 is 6.27. The van der Waals surface area contributed by atoms with Crippen LogP contribution in [0.15, 0.2) is 12.1 Å². The van der Waals surface area contributed by atoms with E-state index < -0.39 is 11.7 Å². The lowest BCUT2D eigenvalue weighted by atomic mass is 9.50. The standard InChI is InChI=1S/C22H24ClFN4O/c1-12(19-17-16(27(3)26-19)5-4-15(24)18(17)23)20(29)28-13-6-21(2)7-14(28)9-22(8-13,10-21)11-25/h4-5,12-14H,6-10H2,1-3H3. The van der Waals surface area contributed by atoms with Gasteiger partial charge in [-0.1, -0.05) is 18.5 Å². The maximum absolute atomic E-state index is 14.1. The van der Waals surface area contributed by atoms with E-state index in [-0.39, 0.29) is 33.8 Å². The van der Waals surface area contributed by atoms with E-state index in [1.165, 1.54) is 6.07 Å². The number of fused-ring (bicyclic) bond motifs is 1. The number of aryl methyl sites for hydroxylation is 1. The van der Waals surface area contributed by atoms with Crippen LogP contribution in [0.1, 0.15) is 57.6 Å². The molecule has 6 rings (SSSR count). The number of halogens is 2. The number of nitriles is 1. The topological polar surface area (TPSA) is 61.9 Å². The van der Waals surface area contributed by atoms with Gasteiger partial charge in [0.1, 0.15) is 5.82 Å². The molecule has 7 heteroatoms. The molecule has 4 fully saturated rings. The van der Waals surface area contributed by atoms with E-state index in [4.69, 9.17) is 11.6 Å². The van der Waals surface area contributed by atoms with Crippen molar-refractivity contribution in [1.82, 2.24) is 14.7 Å². The van der Waals surface area contributed by atoms with Gasteiger partial charge in [-0.05, 0) is 56.6 Å². The third-order valence-electron chi connectivity index (χ3n) is 7.47. The molecule has 1 aromatic heterocycles. The second-order valence-electron chi connectivity index (χ2n) is 9.74. The second-order valence-corrected chi connectivity index (χ2v) is 10.1. The maximum Gasteiger partial charge on any atom is 0.232 e. The number of hydrogen-bond acceptors (Lipinski definition) is 3. The fourth-order valence-electron chi connectivity index (χ4n) is 6.60. The molecule has 1 amide bonds. The Morgan fingerprint density at radius 2 is 2.00 bits per heavy atom. The molecule has 1 aromatic carbocycles. The van der Waals surface area contributed by atoms with Crippen LogP contribution < -0.4 is 0 Å². The van der Waals surface area contributed by atoms with Crippen molar-refractivity contribution in [3.8, 4) is 6.07 Å². The monoisotopic (exact) mass is 414 g/mol. The van der Waals surface area contributed by atoms with Crippen LogP contribution in [0, 0.1) is 28.0 Å². The number of carbonyl (C=O) groups excluding carboxylic acids is 1. The Morgan fingerprint density at radius 1 is 1.34 bits per heavy atom. The fourth-order valence-corrected chi connectivity index (χ4v) is 6.86. The van der Waals surface area contributed by atoms with Crippen molar-refractivity contribution in [2.75, 3.05) is 0 Å². The summed E-state index contributed by atoms with van der Waals surface area (Å²) in [6.07, 6.45) is 4.35. The lowest BCUT2D eigenvalue weighted by molar-refractivity contribution is -0.164. The first-order chi connectivity index (χ1) is 13.7. The zero-order valence-electron chi connectivity index (χ0n) is 16.9. The molecule has 2 aromatic rings. The van der Waals surface area contributed by atoms with Crippen LogP contribution in [0.4, 0.5) is 4.39 Å². The molecule has 0 N–H and O–H groups in total. The van der Waals surface area contributed by atoms with Crippen LogP contribution in [0.25, 0.3) is 10.9 Å². The lowest BCUT2D eigenvalue weighted by Gasteiger charge is -2.63. The highest BCUT2D eigenvalue weighted by atomic mass is 35.5. The molecule has 2 saturated heterocycles. The Kier molecular flexibility index (Phi) is 3.87. The van der Waals surface area contributed by atoms with Crippen molar-refractivity contribution in [2.24, 2.45) is 17.9 Å². The van der Waals surface area contributed by atoms with Crippen LogP contribution in [0.2, 0.25) is 5.02 Å². The van der Waals surface area contributed by atoms with Gasteiger partial charge in [-0.25, -0.2) is 4.39 Å². The minimum atomic E-state index is -0.527. The van der Waals surface area contributed by atoms with E-state index >= 15 is 0 Å². The van der Waals surface area contributed by atoms with Crippen LogP contribution in [0.5, 0.6) is 0 Å². The van der Waals surface area contributed by atoms with E-state index in [0.29, 0.717) is 16.6 Å². The number of piperidine rings is 2. The van der Waals surface area contributed by atoms with E-state index in [9.17, 15) is 14.4 Å². The zero-order valence-corrected chi connectivity index (χ0v) is 17.6. The average molecular weight is 415 g/mol. The highest BCUT2D eigenvalue weighted by molar-refractivity contribution is 6.35. The zero-order chi connectivity index (χ0) is 20.7. The molecule has 3 atom stereocenters. The van der Waals surface area contributed by atoms with E-state index in [2.05, 4.69) is 18.1 Å². The summed E-state index contributed by atoms with van der Waals surface area (Å²) in [5, 5.41) is 14.9. The number of hydrogen-bond donors (Lipinski definition) is 0. The number of benzene rings is 1. The molecule has 0 radical (unpaired) electrons. The third-order valence-corrected chi connectivity index (χ3v) is 7.84. The third kappa shape index (κ3) is 2.56. The molecule has 2 saturated carbocycles. The minimum Gasteiger partial charge on any atom is -0.336 e. The molecular weight excluding hydrogens is 391 g/mol. The Labute approximate surface area is 174 Å². The lowest BCUT2D eigenvalue weighted by Crippen LogP contribution is -2.66. The molecule has 3 unspecified atom stereocenters. The van der Waals surface area contributed by atoms with Crippen LogP contribution in [-0.2, 0) is 11.8 Å². The fraction of sp³-hybridized carbons (Fsp3) is 0.591. The predicted octanol–water partition coefficient (Wildman–Crippen LogP) is 4.54. The molecule has 29 heavy (non-hydrogen) atoms. The molecule has 4 bridgehead atoms. The quantitative estimate of drug-likeness (QED) is 0.724. The molecule has 0 spiro atoms. The molecular formula is C22H24ClFN4O. The van der Waals surface area contributed by atoms with E-state index in [1.807, 2.05) is 11.8 Å². The van der Waals surface area contributed by atoms with Gasteiger partial charge in [0.2, 0.25) is 5.91 Å². The van der Waals surface area contributed by atoms with Gasteiger partial charge in [0.05, 0.1) is 33.6 Å². The summed E-state index contributed by atoms with van der Waals surface area (Å²) in [6, 6.07) is 5.74. The largest absolute Gasteiger partial charge is 0.336 e. The number of carbonyl (C=O) groups is 1.